The Hall–Kier alpha value is -2.40. The number of methoxy groups -OCH3 is 1. The Bertz CT molecular complexity index is 622. The second-order valence-electron chi connectivity index (χ2n) is 5.35. The lowest BCUT2D eigenvalue weighted by Gasteiger charge is -2.19. The SMILES string of the molecule is COC(=O)[C@H](CSC(=O)[C@H](Cc1cnc[nH]1)NC(=O)CCN)NC(C)=O. The van der Waals surface area contributed by atoms with Crippen molar-refractivity contribution in [3.8, 4) is 0 Å². The van der Waals surface area contributed by atoms with Crippen LogP contribution in [0.2, 0.25) is 0 Å². The predicted molar refractivity (Wildman–Crippen MR) is 95.0 cm³/mol. The molecule has 5 N–H and O–H groups in total. The van der Waals surface area contributed by atoms with Crippen molar-refractivity contribution in [3.63, 3.8) is 0 Å². The molecule has 26 heavy (non-hydrogen) atoms. The number of H-pyrrole nitrogens is 1. The van der Waals surface area contributed by atoms with Gasteiger partial charge in [-0.2, -0.15) is 0 Å². The van der Waals surface area contributed by atoms with E-state index in [-0.39, 0.29) is 36.2 Å². The molecule has 0 aliphatic carbocycles. The molecule has 1 aromatic rings. The number of hydrogen-bond acceptors (Lipinski definition) is 8. The molecule has 11 heteroatoms. The van der Waals surface area contributed by atoms with Crippen molar-refractivity contribution in [2.45, 2.75) is 31.8 Å². The van der Waals surface area contributed by atoms with Gasteiger partial charge >= 0.3 is 5.97 Å². The molecule has 1 heterocycles. The Morgan fingerprint density at radius 2 is 2.04 bits per heavy atom. The number of nitrogens with two attached hydrogens (primary N) is 1. The molecular formula is C15H23N5O5S. The van der Waals surface area contributed by atoms with Crippen LogP contribution in [0.15, 0.2) is 12.5 Å². The molecule has 0 bridgehead atoms. The minimum Gasteiger partial charge on any atom is -0.467 e. The number of hydrogen-bond donors (Lipinski definition) is 4. The maximum absolute atomic E-state index is 12.5. The Labute approximate surface area is 155 Å². The normalized spacial score (nSPS) is 12.7. The van der Waals surface area contributed by atoms with Crippen LogP contribution in [-0.2, 0) is 30.3 Å². The molecule has 1 rings (SSSR count). The number of imidazole rings is 1. The summed E-state index contributed by atoms with van der Waals surface area (Å²) in [7, 11) is 1.19. The van der Waals surface area contributed by atoms with E-state index in [0.717, 1.165) is 11.8 Å². The van der Waals surface area contributed by atoms with Crippen LogP contribution in [0.4, 0.5) is 0 Å². The van der Waals surface area contributed by atoms with Gasteiger partial charge in [-0.05, 0) is 0 Å². The predicted octanol–water partition coefficient (Wildman–Crippen LogP) is -1.28. The Kier molecular flexibility index (Phi) is 9.37. The summed E-state index contributed by atoms with van der Waals surface area (Å²) in [6.45, 7) is 1.42. The van der Waals surface area contributed by atoms with Crippen molar-refractivity contribution in [2.75, 3.05) is 19.4 Å². The van der Waals surface area contributed by atoms with Crippen LogP contribution in [-0.4, -0.2) is 64.4 Å². The van der Waals surface area contributed by atoms with E-state index in [9.17, 15) is 19.2 Å². The number of carbonyl (C=O) groups excluding carboxylic acids is 4. The third kappa shape index (κ3) is 7.66. The topological polar surface area (TPSA) is 156 Å². The summed E-state index contributed by atoms with van der Waals surface area (Å²) in [5.74, 6) is -1.44. The number of aromatic amines is 1. The van der Waals surface area contributed by atoms with Gasteiger partial charge in [0.05, 0.1) is 13.4 Å². The molecule has 2 atom stereocenters. The van der Waals surface area contributed by atoms with Crippen LogP contribution < -0.4 is 16.4 Å². The van der Waals surface area contributed by atoms with E-state index in [1.165, 1.54) is 20.4 Å². The molecule has 1 aromatic heterocycles. The molecule has 0 aromatic carbocycles. The fourth-order valence-electron chi connectivity index (χ4n) is 2.03. The molecule has 0 radical (unpaired) electrons. The fourth-order valence-corrected chi connectivity index (χ4v) is 2.92. The number of nitrogens with one attached hydrogen (secondary N) is 3. The van der Waals surface area contributed by atoms with Crippen molar-refractivity contribution in [3.05, 3.63) is 18.2 Å². The third-order valence-electron chi connectivity index (χ3n) is 3.23. The third-order valence-corrected chi connectivity index (χ3v) is 4.29. The maximum atomic E-state index is 12.5. The number of nitrogens with zero attached hydrogens (tertiary/aromatic N) is 1. The highest BCUT2D eigenvalue weighted by molar-refractivity contribution is 8.13. The van der Waals surface area contributed by atoms with Gasteiger partial charge < -0.3 is 26.1 Å². The first-order valence-corrected chi connectivity index (χ1v) is 8.84. The summed E-state index contributed by atoms with van der Waals surface area (Å²) in [5.41, 5.74) is 6.02. The van der Waals surface area contributed by atoms with Gasteiger partial charge in [0.15, 0.2) is 0 Å². The van der Waals surface area contributed by atoms with Gasteiger partial charge in [0, 0.05) is 44.0 Å². The van der Waals surface area contributed by atoms with Gasteiger partial charge in [-0.15, -0.1) is 0 Å². The maximum Gasteiger partial charge on any atom is 0.329 e. The summed E-state index contributed by atoms with van der Waals surface area (Å²) in [6, 6.07) is -1.78. The van der Waals surface area contributed by atoms with Crippen LogP contribution in [0.5, 0.6) is 0 Å². The molecule has 144 valence electrons. The van der Waals surface area contributed by atoms with Crippen molar-refractivity contribution >= 4 is 34.7 Å². The molecule has 2 amide bonds. The summed E-state index contributed by atoms with van der Waals surface area (Å²) in [6.07, 6.45) is 3.32. The quantitative estimate of drug-likeness (QED) is 0.363. The first kappa shape index (κ1) is 21.6. The summed E-state index contributed by atoms with van der Waals surface area (Å²) < 4.78 is 4.61. The highest BCUT2D eigenvalue weighted by atomic mass is 32.2. The molecule has 0 fully saturated rings. The van der Waals surface area contributed by atoms with E-state index in [2.05, 4.69) is 25.3 Å². The number of thioether (sulfide) groups is 1. The number of esters is 1. The molecule has 0 unspecified atom stereocenters. The van der Waals surface area contributed by atoms with E-state index in [1.807, 2.05) is 0 Å². The zero-order valence-electron chi connectivity index (χ0n) is 14.6. The Balaban J connectivity index is 2.74. The van der Waals surface area contributed by atoms with Gasteiger partial charge in [-0.1, -0.05) is 11.8 Å². The lowest BCUT2D eigenvalue weighted by molar-refractivity contribution is -0.144. The zero-order valence-corrected chi connectivity index (χ0v) is 15.4. The van der Waals surface area contributed by atoms with Crippen molar-refractivity contribution in [1.82, 2.24) is 20.6 Å². The Morgan fingerprint density at radius 1 is 1.31 bits per heavy atom. The largest absolute Gasteiger partial charge is 0.467 e. The Morgan fingerprint density at radius 3 is 2.58 bits per heavy atom. The van der Waals surface area contributed by atoms with Gasteiger partial charge in [0.25, 0.3) is 0 Å². The van der Waals surface area contributed by atoms with Gasteiger partial charge in [0.1, 0.15) is 12.1 Å². The second kappa shape index (κ2) is 11.3. The van der Waals surface area contributed by atoms with E-state index in [1.54, 1.807) is 6.20 Å². The monoisotopic (exact) mass is 385 g/mol. The molecule has 0 aliphatic heterocycles. The second-order valence-corrected chi connectivity index (χ2v) is 6.37. The van der Waals surface area contributed by atoms with E-state index in [4.69, 9.17) is 5.73 Å². The average Bonchev–Trinajstić information content (AvgIpc) is 3.10. The van der Waals surface area contributed by atoms with Crippen LogP contribution >= 0.6 is 11.8 Å². The van der Waals surface area contributed by atoms with Gasteiger partial charge in [-0.3, -0.25) is 14.4 Å². The van der Waals surface area contributed by atoms with E-state index >= 15 is 0 Å². The van der Waals surface area contributed by atoms with Crippen molar-refractivity contribution in [2.24, 2.45) is 5.73 Å². The van der Waals surface area contributed by atoms with Crippen molar-refractivity contribution < 1.29 is 23.9 Å². The van der Waals surface area contributed by atoms with Crippen molar-refractivity contribution in [1.29, 1.82) is 0 Å². The zero-order chi connectivity index (χ0) is 19.5. The average molecular weight is 385 g/mol. The van der Waals surface area contributed by atoms with Gasteiger partial charge in [0.2, 0.25) is 16.9 Å². The van der Waals surface area contributed by atoms with Crippen LogP contribution in [0.3, 0.4) is 0 Å². The van der Waals surface area contributed by atoms with E-state index < -0.39 is 24.0 Å². The highest BCUT2D eigenvalue weighted by Crippen LogP contribution is 2.12. The lowest BCUT2D eigenvalue weighted by Crippen LogP contribution is -2.45. The van der Waals surface area contributed by atoms with E-state index in [0.29, 0.717) is 5.69 Å². The van der Waals surface area contributed by atoms with Crippen LogP contribution in [0.1, 0.15) is 19.0 Å². The van der Waals surface area contributed by atoms with Crippen LogP contribution in [0, 0.1) is 0 Å². The molecular weight excluding hydrogens is 362 g/mol. The summed E-state index contributed by atoms with van der Waals surface area (Å²) in [4.78, 5) is 54.0. The lowest BCUT2D eigenvalue weighted by atomic mass is 10.2. The summed E-state index contributed by atoms with van der Waals surface area (Å²) >= 11 is 0.826. The molecule has 0 saturated carbocycles. The first-order valence-electron chi connectivity index (χ1n) is 7.85. The number of amides is 2. The number of carbonyl (C=O) groups is 4. The summed E-state index contributed by atoms with van der Waals surface area (Å²) in [5, 5.41) is 4.69. The fraction of sp³-hybridized carbons (Fsp3) is 0.533. The number of ether oxygens (including phenoxy) is 1. The highest BCUT2D eigenvalue weighted by Gasteiger charge is 2.26. The smallest absolute Gasteiger partial charge is 0.329 e. The standard InChI is InChI=1S/C15H23N5O5S/c1-9(21)19-12(14(23)25-2)7-26-15(24)11(20-13(22)3-4-16)5-10-6-17-8-18-10/h6,8,11-12H,3-5,7,16H2,1-2H3,(H,17,18)(H,19,21)(H,20,22)/t11-,12-/m0/s1. The molecule has 0 spiro atoms. The first-order chi connectivity index (χ1) is 12.4. The molecule has 10 nitrogen and oxygen atoms in total. The van der Waals surface area contributed by atoms with Gasteiger partial charge in [-0.25, -0.2) is 9.78 Å². The minimum atomic E-state index is -0.959. The number of aromatic nitrogens is 2. The molecule has 0 aliphatic rings. The number of rotatable bonds is 10. The minimum absolute atomic E-state index is 0.0165. The van der Waals surface area contributed by atoms with Crippen LogP contribution in [0.25, 0.3) is 0 Å². The molecule has 0 saturated heterocycles.